The van der Waals surface area contributed by atoms with Gasteiger partial charge in [0.25, 0.3) is 0 Å². The van der Waals surface area contributed by atoms with Crippen LogP contribution in [-0.2, 0) is 19.4 Å². The van der Waals surface area contributed by atoms with Gasteiger partial charge >= 0.3 is 5.97 Å². The Balaban J connectivity index is 3.34. The van der Waals surface area contributed by atoms with E-state index in [-0.39, 0.29) is 12.2 Å². The van der Waals surface area contributed by atoms with Crippen molar-refractivity contribution in [2.45, 2.75) is 17.9 Å². The van der Waals surface area contributed by atoms with E-state index in [1.165, 1.54) is 19.1 Å². The molecular weight excluding hydrogens is 263 g/mol. The van der Waals surface area contributed by atoms with E-state index < -0.39 is 32.6 Å². The maximum atomic E-state index is 13.5. The SMILES string of the molecule is CCOC(=O)C(O)c1cccc(F)c1S(C)(=O)=O. The second kappa shape index (κ2) is 5.45. The smallest absolute Gasteiger partial charge is 0.339 e. The molecule has 5 nitrogen and oxygen atoms in total. The van der Waals surface area contributed by atoms with Gasteiger partial charge in [0, 0.05) is 11.8 Å². The van der Waals surface area contributed by atoms with Crippen LogP contribution in [-0.4, -0.2) is 32.4 Å². The molecule has 7 heteroatoms. The number of carbonyl (C=O) groups excluding carboxylic acids is 1. The number of hydrogen-bond donors (Lipinski definition) is 1. The molecule has 0 radical (unpaired) electrons. The number of aliphatic hydroxyl groups is 1. The highest BCUT2D eigenvalue weighted by Crippen LogP contribution is 2.26. The lowest BCUT2D eigenvalue weighted by Crippen LogP contribution is -2.18. The van der Waals surface area contributed by atoms with Gasteiger partial charge in [-0.2, -0.15) is 0 Å². The fraction of sp³-hybridized carbons (Fsp3) is 0.364. The van der Waals surface area contributed by atoms with E-state index >= 15 is 0 Å². The van der Waals surface area contributed by atoms with E-state index in [9.17, 15) is 22.7 Å². The molecular formula is C11H13FO5S. The van der Waals surface area contributed by atoms with Crippen molar-refractivity contribution >= 4 is 15.8 Å². The van der Waals surface area contributed by atoms with E-state index in [2.05, 4.69) is 4.74 Å². The van der Waals surface area contributed by atoms with E-state index in [0.717, 1.165) is 12.3 Å². The van der Waals surface area contributed by atoms with Gasteiger partial charge in [0.1, 0.15) is 10.7 Å². The maximum absolute atomic E-state index is 13.5. The highest BCUT2D eigenvalue weighted by atomic mass is 32.2. The van der Waals surface area contributed by atoms with Crippen molar-refractivity contribution in [2.75, 3.05) is 12.9 Å². The van der Waals surface area contributed by atoms with Crippen LogP contribution in [0.1, 0.15) is 18.6 Å². The van der Waals surface area contributed by atoms with Gasteiger partial charge in [-0.1, -0.05) is 12.1 Å². The largest absolute Gasteiger partial charge is 0.464 e. The first-order valence-electron chi connectivity index (χ1n) is 5.12. The van der Waals surface area contributed by atoms with Crippen molar-refractivity contribution in [2.24, 2.45) is 0 Å². The Labute approximate surface area is 104 Å². The van der Waals surface area contributed by atoms with Gasteiger partial charge in [-0.25, -0.2) is 17.6 Å². The minimum atomic E-state index is -3.90. The lowest BCUT2D eigenvalue weighted by Gasteiger charge is -2.13. The molecule has 1 N–H and O–H groups in total. The number of hydrogen-bond acceptors (Lipinski definition) is 5. The van der Waals surface area contributed by atoms with Crippen molar-refractivity contribution in [1.82, 2.24) is 0 Å². The molecule has 100 valence electrons. The van der Waals surface area contributed by atoms with Crippen LogP contribution in [0.4, 0.5) is 4.39 Å². The number of carbonyl (C=O) groups is 1. The number of esters is 1. The molecule has 0 amide bonds. The molecule has 1 rings (SSSR count). The average Bonchev–Trinajstić information content (AvgIpc) is 2.26. The van der Waals surface area contributed by atoms with Crippen molar-refractivity contribution in [3.8, 4) is 0 Å². The summed E-state index contributed by atoms with van der Waals surface area (Å²) in [6.07, 6.45) is -1.03. The Morgan fingerprint density at radius 1 is 1.50 bits per heavy atom. The topological polar surface area (TPSA) is 80.7 Å². The Hall–Kier alpha value is -1.47. The van der Waals surface area contributed by atoms with Gasteiger partial charge in [0.2, 0.25) is 0 Å². The molecule has 0 bridgehead atoms. The molecule has 0 spiro atoms. The van der Waals surface area contributed by atoms with E-state index in [4.69, 9.17) is 0 Å². The summed E-state index contributed by atoms with van der Waals surface area (Å²) < 4.78 is 41.0. The monoisotopic (exact) mass is 276 g/mol. The number of rotatable bonds is 4. The molecule has 1 unspecified atom stereocenters. The zero-order valence-electron chi connectivity index (χ0n) is 9.88. The van der Waals surface area contributed by atoms with Crippen LogP contribution < -0.4 is 0 Å². The van der Waals surface area contributed by atoms with Gasteiger partial charge in [0.15, 0.2) is 15.9 Å². The van der Waals surface area contributed by atoms with Crippen LogP contribution in [0.15, 0.2) is 23.1 Å². The lowest BCUT2D eigenvalue weighted by molar-refractivity contribution is -0.153. The number of ether oxygens (including phenoxy) is 1. The third-order valence-electron chi connectivity index (χ3n) is 2.17. The van der Waals surface area contributed by atoms with Crippen LogP contribution in [0.3, 0.4) is 0 Å². The van der Waals surface area contributed by atoms with Crippen molar-refractivity contribution < 1.29 is 27.4 Å². The third kappa shape index (κ3) is 3.05. The first kappa shape index (κ1) is 14.6. The highest BCUT2D eigenvalue weighted by molar-refractivity contribution is 7.90. The van der Waals surface area contributed by atoms with Crippen molar-refractivity contribution in [3.63, 3.8) is 0 Å². The number of halogens is 1. The van der Waals surface area contributed by atoms with Crippen LogP contribution in [0.5, 0.6) is 0 Å². The zero-order chi connectivity index (χ0) is 13.9. The molecule has 0 aliphatic rings. The molecule has 0 saturated carbocycles. The Morgan fingerprint density at radius 3 is 2.61 bits per heavy atom. The molecule has 18 heavy (non-hydrogen) atoms. The van der Waals surface area contributed by atoms with Crippen LogP contribution in [0.2, 0.25) is 0 Å². The maximum Gasteiger partial charge on any atom is 0.339 e. The summed E-state index contributed by atoms with van der Waals surface area (Å²) in [5.41, 5.74) is -0.323. The second-order valence-electron chi connectivity index (χ2n) is 3.58. The fourth-order valence-corrected chi connectivity index (χ4v) is 2.51. The summed E-state index contributed by atoms with van der Waals surface area (Å²) >= 11 is 0. The molecule has 0 saturated heterocycles. The molecule has 1 aromatic rings. The lowest BCUT2D eigenvalue weighted by atomic mass is 10.1. The van der Waals surface area contributed by atoms with Crippen molar-refractivity contribution in [1.29, 1.82) is 0 Å². The molecule has 0 fully saturated rings. The molecule has 0 aliphatic heterocycles. The minimum Gasteiger partial charge on any atom is -0.464 e. The van der Waals surface area contributed by atoms with Crippen molar-refractivity contribution in [3.05, 3.63) is 29.6 Å². The normalized spacial score (nSPS) is 13.1. The number of sulfone groups is 1. The summed E-state index contributed by atoms with van der Waals surface area (Å²) in [6, 6.07) is 3.32. The first-order valence-corrected chi connectivity index (χ1v) is 7.01. The Kier molecular flexibility index (Phi) is 4.42. The predicted molar refractivity (Wildman–Crippen MR) is 61.1 cm³/mol. The van der Waals surface area contributed by atoms with Gasteiger partial charge in [0.05, 0.1) is 6.61 Å². The van der Waals surface area contributed by atoms with Gasteiger partial charge in [-0.05, 0) is 13.0 Å². The summed E-state index contributed by atoms with van der Waals surface area (Å²) in [7, 11) is -3.90. The molecule has 0 aliphatic carbocycles. The zero-order valence-corrected chi connectivity index (χ0v) is 10.7. The minimum absolute atomic E-state index is 0.0272. The standard InChI is InChI=1S/C11H13FO5S/c1-3-17-11(14)9(13)7-5-4-6-8(12)10(7)18(2,15)16/h4-6,9,13H,3H2,1-2H3. The van der Waals surface area contributed by atoms with Crippen LogP contribution in [0.25, 0.3) is 0 Å². The van der Waals surface area contributed by atoms with Crippen LogP contribution in [0, 0.1) is 5.82 Å². The number of benzene rings is 1. The Bertz CT molecular complexity index is 553. The fourth-order valence-electron chi connectivity index (χ4n) is 1.48. The summed E-state index contributed by atoms with van der Waals surface area (Å²) in [6.45, 7) is 1.56. The van der Waals surface area contributed by atoms with Gasteiger partial charge in [-0.3, -0.25) is 0 Å². The molecule has 1 atom stereocenters. The highest BCUT2D eigenvalue weighted by Gasteiger charge is 2.28. The van der Waals surface area contributed by atoms with E-state index in [1.807, 2.05) is 0 Å². The second-order valence-corrected chi connectivity index (χ2v) is 5.54. The van der Waals surface area contributed by atoms with Gasteiger partial charge in [-0.15, -0.1) is 0 Å². The Morgan fingerprint density at radius 2 is 2.11 bits per heavy atom. The molecule has 1 aromatic carbocycles. The summed E-state index contributed by atoms with van der Waals surface area (Å²) in [4.78, 5) is 10.7. The van der Waals surface area contributed by atoms with Gasteiger partial charge < -0.3 is 9.84 Å². The molecule has 0 heterocycles. The van der Waals surface area contributed by atoms with E-state index in [1.54, 1.807) is 0 Å². The summed E-state index contributed by atoms with van der Waals surface area (Å²) in [5, 5.41) is 9.68. The number of aliphatic hydroxyl groups excluding tert-OH is 1. The quantitative estimate of drug-likeness (QED) is 0.824. The molecule has 0 aromatic heterocycles. The predicted octanol–water partition coefficient (Wildman–Crippen LogP) is 0.826. The van der Waals surface area contributed by atoms with Crippen LogP contribution >= 0.6 is 0 Å². The average molecular weight is 276 g/mol. The summed E-state index contributed by atoms with van der Waals surface area (Å²) in [5.74, 6) is -2.04. The first-order chi connectivity index (χ1) is 8.29. The van der Waals surface area contributed by atoms with E-state index in [0.29, 0.717) is 0 Å². The third-order valence-corrected chi connectivity index (χ3v) is 3.34.